The highest BCUT2D eigenvalue weighted by Crippen LogP contribution is 2.24. The van der Waals surface area contributed by atoms with E-state index in [0.29, 0.717) is 18.1 Å². The summed E-state index contributed by atoms with van der Waals surface area (Å²) in [5.74, 6) is 0.699. The molecule has 176 valence electrons. The Balaban J connectivity index is 1.91. The molecule has 0 spiro atoms. The third-order valence-electron chi connectivity index (χ3n) is 5.22. The van der Waals surface area contributed by atoms with E-state index in [0.717, 1.165) is 9.87 Å². The molecule has 7 nitrogen and oxygen atoms in total. The number of furan rings is 1. The van der Waals surface area contributed by atoms with Crippen molar-refractivity contribution in [3.05, 3.63) is 84.3 Å². The maximum Gasteiger partial charge on any atom is 0.243 e. The van der Waals surface area contributed by atoms with E-state index in [-0.39, 0.29) is 23.9 Å². The molecule has 3 rings (SSSR count). The Bertz CT molecular complexity index is 1140. The fraction of sp³-hybridized carbons (Fsp3) is 0.320. The minimum atomic E-state index is -3.98. The molecule has 33 heavy (non-hydrogen) atoms. The number of hydrogen-bond acceptors (Lipinski definition) is 5. The van der Waals surface area contributed by atoms with Crippen LogP contribution in [0.3, 0.4) is 0 Å². The van der Waals surface area contributed by atoms with Gasteiger partial charge in [0.05, 0.1) is 31.4 Å². The van der Waals surface area contributed by atoms with Crippen molar-refractivity contribution in [1.82, 2.24) is 9.21 Å². The summed E-state index contributed by atoms with van der Waals surface area (Å²) in [7, 11) is -2.47. The molecule has 2 aromatic carbocycles. The third kappa shape index (κ3) is 6.24. The molecule has 0 N–H and O–H groups in total. The molecule has 1 amide bonds. The van der Waals surface area contributed by atoms with Crippen LogP contribution in [0.4, 0.5) is 0 Å². The van der Waals surface area contributed by atoms with Crippen molar-refractivity contribution in [2.75, 3.05) is 13.7 Å². The van der Waals surface area contributed by atoms with E-state index >= 15 is 0 Å². The topological polar surface area (TPSA) is 80.1 Å². The molecule has 1 aromatic heterocycles. The number of rotatable bonds is 9. The SMILES string of the molecule is COc1ccc(S(=O)(=O)N(CC(=O)N(Cc2ccccc2)C(C)(C)C)Cc2ccco2)cc1. The van der Waals surface area contributed by atoms with Crippen molar-refractivity contribution in [2.45, 2.75) is 44.3 Å². The highest BCUT2D eigenvalue weighted by Gasteiger charge is 2.33. The summed E-state index contributed by atoms with van der Waals surface area (Å²) in [4.78, 5) is 15.3. The molecule has 0 saturated carbocycles. The Morgan fingerprint density at radius 1 is 0.939 bits per heavy atom. The van der Waals surface area contributed by atoms with Crippen LogP contribution in [0.5, 0.6) is 5.75 Å². The quantitative estimate of drug-likeness (QED) is 0.466. The van der Waals surface area contributed by atoms with Gasteiger partial charge in [0.2, 0.25) is 15.9 Å². The number of nitrogens with zero attached hydrogens (tertiary/aromatic N) is 2. The van der Waals surface area contributed by atoms with E-state index in [1.165, 1.54) is 25.5 Å². The van der Waals surface area contributed by atoms with Crippen molar-refractivity contribution in [2.24, 2.45) is 0 Å². The second-order valence-electron chi connectivity index (χ2n) is 8.66. The summed E-state index contributed by atoms with van der Waals surface area (Å²) < 4.78 is 38.7. The van der Waals surface area contributed by atoms with Gasteiger partial charge in [0.25, 0.3) is 0 Å². The van der Waals surface area contributed by atoms with Crippen molar-refractivity contribution >= 4 is 15.9 Å². The Labute approximate surface area is 195 Å². The zero-order valence-electron chi connectivity index (χ0n) is 19.4. The van der Waals surface area contributed by atoms with Gasteiger partial charge in [-0.1, -0.05) is 30.3 Å². The predicted molar refractivity (Wildman–Crippen MR) is 126 cm³/mol. The average molecular weight is 471 g/mol. The molecule has 0 aliphatic heterocycles. The van der Waals surface area contributed by atoms with E-state index in [2.05, 4.69) is 0 Å². The molecule has 0 unspecified atom stereocenters. The highest BCUT2D eigenvalue weighted by atomic mass is 32.2. The Kier molecular flexibility index (Phi) is 7.61. The van der Waals surface area contributed by atoms with Crippen LogP contribution in [-0.4, -0.2) is 42.7 Å². The molecule has 0 aliphatic carbocycles. The molecule has 0 aliphatic rings. The number of sulfonamides is 1. The first-order valence-corrected chi connectivity index (χ1v) is 12.1. The van der Waals surface area contributed by atoms with Crippen LogP contribution in [-0.2, 0) is 27.9 Å². The molecular weight excluding hydrogens is 440 g/mol. The van der Waals surface area contributed by atoms with Gasteiger partial charge in [0.15, 0.2) is 0 Å². The van der Waals surface area contributed by atoms with E-state index in [1.807, 2.05) is 51.1 Å². The monoisotopic (exact) mass is 470 g/mol. The van der Waals surface area contributed by atoms with E-state index in [4.69, 9.17) is 9.15 Å². The van der Waals surface area contributed by atoms with Crippen molar-refractivity contribution < 1.29 is 22.4 Å². The van der Waals surface area contributed by atoms with Gasteiger partial charge in [-0.05, 0) is 62.7 Å². The normalized spacial score (nSPS) is 12.0. The third-order valence-corrected chi connectivity index (χ3v) is 7.02. The fourth-order valence-electron chi connectivity index (χ4n) is 3.40. The lowest BCUT2D eigenvalue weighted by Crippen LogP contribution is -2.49. The lowest BCUT2D eigenvalue weighted by atomic mass is 10.0. The van der Waals surface area contributed by atoms with E-state index < -0.39 is 15.6 Å². The second kappa shape index (κ2) is 10.2. The number of benzene rings is 2. The maximum atomic E-state index is 13.5. The molecule has 1 heterocycles. The fourth-order valence-corrected chi connectivity index (χ4v) is 4.76. The van der Waals surface area contributed by atoms with Gasteiger partial charge in [-0.3, -0.25) is 4.79 Å². The molecule has 0 fully saturated rings. The second-order valence-corrected chi connectivity index (χ2v) is 10.6. The van der Waals surface area contributed by atoms with Crippen LogP contribution in [0.25, 0.3) is 0 Å². The first-order chi connectivity index (χ1) is 15.6. The molecular formula is C25H30N2O5S. The Hall–Kier alpha value is -3.10. The number of methoxy groups -OCH3 is 1. The van der Waals surface area contributed by atoms with Gasteiger partial charge < -0.3 is 14.1 Å². The van der Waals surface area contributed by atoms with Crippen molar-refractivity contribution in [3.8, 4) is 5.75 Å². The van der Waals surface area contributed by atoms with Gasteiger partial charge in [-0.25, -0.2) is 8.42 Å². The minimum Gasteiger partial charge on any atom is -0.497 e. The van der Waals surface area contributed by atoms with Crippen LogP contribution in [0.15, 0.2) is 82.3 Å². The van der Waals surface area contributed by atoms with Gasteiger partial charge in [-0.2, -0.15) is 4.31 Å². The molecule has 0 radical (unpaired) electrons. The van der Waals surface area contributed by atoms with Crippen LogP contribution in [0.1, 0.15) is 32.1 Å². The number of hydrogen-bond donors (Lipinski definition) is 0. The number of carbonyl (C=O) groups excluding carboxylic acids is 1. The smallest absolute Gasteiger partial charge is 0.243 e. The zero-order chi connectivity index (χ0) is 24.1. The maximum absolute atomic E-state index is 13.5. The summed E-state index contributed by atoms with van der Waals surface area (Å²) in [6, 6.07) is 19.1. The van der Waals surface area contributed by atoms with E-state index in [9.17, 15) is 13.2 Å². The van der Waals surface area contributed by atoms with Gasteiger partial charge in [-0.15, -0.1) is 0 Å². The molecule has 8 heteroatoms. The van der Waals surface area contributed by atoms with Crippen LogP contribution < -0.4 is 4.74 Å². The zero-order valence-corrected chi connectivity index (χ0v) is 20.2. The number of amides is 1. The van der Waals surface area contributed by atoms with Crippen molar-refractivity contribution in [1.29, 1.82) is 0 Å². The van der Waals surface area contributed by atoms with E-state index in [1.54, 1.807) is 29.2 Å². The first-order valence-electron chi connectivity index (χ1n) is 10.6. The average Bonchev–Trinajstić information content (AvgIpc) is 3.30. The summed E-state index contributed by atoms with van der Waals surface area (Å²) in [6.45, 7) is 5.80. The summed E-state index contributed by atoms with van der Waals surface area (Å²) in [5.41, 5.74) is 0.462. The summed E-state index contributed by atoms with van der Waals surface area (Å²) in [5, 5.41) is 0. The van der Waals surface area contributed by atoms with Gasteiger partial charge in [0.1, 0.15) is 11.5 Å². The lowest BCUT2D eigenvalue weighted by Gasteiger charge is -2.37. The van der Waals surface area contributed by atoms with Crippen LogP contribution in [0.2, 0.25) is 0 Å². The standard InChI is InChI=1S/C25H30N2O5S/c1-25(2,3)27(17-20-9-6-5-7-10-20)24(28)19-26(18-22-11-8-16-32-22)33(29,30)23-14-12-21(31-4)13-15-23/h5-16H,17-19H2,1-4H3. The van der Waals surface area contributed by atoms with Crippen LogP contribution >= 0.6 is 0 Å². The lowest BCUT2D eigenvalue weighted by molar-refractivity contribution is -0.137. The molecule has 0 atom stereocenters. The largest absolute Gasteiger partial charge is 0.497 e. The Morgan fingerprint density at radius 2 is 1.61 bits per heavy atom. The first kappa shape index (κ1) is 24.5. The van der Waals surface area contributed by atoms with Crippen molar-refractivity contribution in [3.63, 3.8) is 0 Å². The Morgan fingerprint density at radius 3 is 2.15 bits per heavy atom. The number of ether oxygens (including phenoxy) is 1. The molecule has 3 aromatic rings. The van der Waals surface area contributed by atoms with Gasteiger partial charge in [0, 0.05) is 12.1 Å². The molecule has 0 saturated heterocycles. The number of carbonyl (C=O) groups is 1. The predicted octanol–water partition coefficient (Wildman–Crippen LogP) is 4.31. The minimum absolute atomic E-state index is 0.0591. The van der Waals surface area contributed by atoms with Crippen LogP contribution in [0, 0.1) is 0 Å². The summed E-state index contributed by atoms with van der Waals surface area (Å²) >= 11 is 0. The highest BCUT2D eigenvalue weighted by molar-refractivity contribution is 7.89. The van der Waals surface area contributed by atoms with Gasteiger partial charge >= 0.3 is 0 Å². The summed E-state index contributed by atoms with van der Waals surface area (Å²) in [6.07, 6.45) is 1.48. The molecule has 0 bridgehead atoms.